The molecule has 6 aromatic rings. The minimum Gasteiger partial charge on any atom is -0.463 e. The molecule has 5 aromatic carbocycles. The van der Waals surface area contributed by atoms with Crippen molar-refractivity contribution in [3.05, 3.63) is 166 Å². The van der Waals surface area contributed by atoms with Gasteiger partial charge < -0.3 is 55.2 Å². The van der Waals surface area contributed by atoms with Gasteiger partial charge in [-0.3, -0.25) is 28.8 Å². The minimum atomic E-state index is -2.52. The zero-order chi connectivity index (χ0) is 67.3. The zero-order valence-corrected chi connectivity index (χ0v) is 58.1. The van der Waals surface area contributed by atoms with Crippen molar-refractivity contribution in [1.29, 1.82) is 0 Å². The topological polar surface area (TPSA) is 221 Å². The van der Waals surface area contributed by atoms with E-state index in [1.165, 1.54) is 15.3 Å². The predicted octanol–water partition coefficient (Wildman–Crippen LogP) is 9.01. The van der Waals surface area contributed by atoms with Gasteiger partial charge in [0.15, 0.2) is 5.60 Å². The molecule has 5 amide bonds. The van der Waals surface area contributed by atoms with Gasteiger partial charge in [0, 0.05) is 124 Å². The zero-order valence-electron chi connectivity index (χ0n) is 56.3. The molecule has 0 saturated carbocycles. The predicted molar refractivity (Wildman–Crippen MR) is 376 cm³/mol. The van der Waals surface area contributed by atoms with Crippen LogP contribution in [0.15, 0.2) is 127 Å². The first-order chi connectivity index (χ1) is 45.1. The Morgan fingerprint density at radius 3 is 2.14 bits per heavy atom. The van der Waals surface area contributed by atoms with Crippen LogP contribution in [-0.2, 0) is 55.0 Å². The van der Waals surface area contributed by atoms with E-state index in [1.807, 2.05) is 135 Å². The smallest absolute Gasteiger partial charge is 0.340 e. The second kappa shape index (κ2) is 31.8. The molecule has 3 aliphatic rings. The Balaban J connectivity index is 0.753. The lowest BCUT2D eigenvalue weighted by atomic mass is 9.79. The molecule has 0 saturated heterocycles. The lowest BCUT2D eigenvalue weighted by Crippen LogP contribution is -2.65. The van der Waals surface area contributed by atoms with E-state index in [4.69, 9.17) is 14.2 Å². The molecule has 0 unspecified atom stereocenters. The van der Waals surface area contributed by atoms with Crippen LogP contribution in [0.5, 0.6) is 0 Å². The van der Waals surface area contributed by atoms with Gasteiger partial charge >= 0.3 is 11.9 Å². The van der Waals surface area contributed by atoms with Gasteiger partial charge in [0.2, 0.25) is 29.5 Å². The van der Waals surface area contributed by atoms with Crippen LogP contribution >= 0.6 is 11.8 Å². The maximum absolute atomic E-state index is 14.9. The van der Waals surface area contributed by atoms with Gasteiger partial charge in [0.25, 0.3) is 0 Å². The maximum Gasteiger partial charge on any atom is 0.340 e. The lowest BCUT2D eigenvalue weighted by molar-refractivity contribution is -0.149. The highest BCUT2D eigenvalue weighted by Crippen LogP contribution is 2.50. The number of thioether (sulfide) groups is 1. The molecule has 0 radical (unpaired) electrons. The summed E-state index contributed by atoms with van der Waals surface area (Å²) in [5, 5.41) is 15.5. The van der Waals surface area contributed by atoms with Crippen molar-refractivity contribution in [1.82, 2.24) is 31.2 Å². The first kappa shape index (κ1) is 70.1. The highest BCUT2D eigenvalue weighted by atomic mass is 32.2. The number of aromatic nitrogens is 1. The number of esters is 2. The summed E-state index contributed by atoms with van der Waals surface area (Å²) in [6.07, 6.45) is 6.88. The van der Waals surface area contributed by atoms with Gasteiger partial charge in [-0.2, -0.15) is 11.8 Å². The molecule has 18 nitrogen and oxygen atoms in total. The van der Waals surface area contributed by atoms with Crippen molar-refractivity contribution in [3.63, 3.8) is 0 Å². The van der Waals surface area contributed by atoms with E-state index in [0.717, 1.165) is 67.5 Å². The Bertz CT molecular complexity index is 3680. The summed E-state index contributed by atoms with van der Waals surface area (Å²) in [4.78, 5) is 106. The van der Waals surface area contributed by atoms with Crippen LogP contribution in [-0.4, -0.2) is 151 Å². The number of hydrogen-bond acceptors (Lipinski definition) is 13. The number of cyclic esters (lactones) is 1. The Labute approximate surface area is 559 Å². The third-order valence-corrected chi connectivity index (χ3v) is 24.5. The number of ether oxygens (including phenoxy) is 3. The van der Waals surface area contributed by atoms with E-state index in [9.17, 15) is 33.6 Å². The fourth-order valence-electron chi connectivity index (χ4n) is 13.2. The second-order valence-electron chi connectivity index (χ2n) is 26.2. The number of nitrogens with one attached hydrogen (secondary N) is 5. The summed E-state index contributed by atoms with van der Waals surface area (Å²) in [5.41, 5.74) is 9.03. The van der Waals surface area contributed by atoms with Crippen molar-refractivity contribution in [2.75, 3.05) is 82.8 Å². The number of carbonyl (C=O) groups is 7. The van der Waals surface area contributed by atoms with Crippen LogP contribution in [0.1, 0.15) is 128 Å². The fraction of sp³-hybridized carbons (Fsp3) is 0.446. The number of para-hydroxylation sites is 1. The van der Waals surface area contributed by atoms with E-state index in [1.54, 1.807) is 18.8 Å². The number of allylic oxidation sites excluding steroid dienone is 2. The molecule has 5 N–H and O–H groups in total. The van der Waals surface area contributed by atoms with Gasteiger partial charge in [0.05, 0.1) is 37.3 Å². The number of amides is 5. The van der Waals surface area contributed by atoms with Crippen molar-refractivity contribution in [2.45, 2.75) is 134 Å². The summed E-state index contributed by atoms with van der Waals surface area (Å²) in [6, 6.07) is 34.4. The van der Waals surface area contributed by atoms with E-state index >= 15 is 0 Å². The summed E-state index contributed by atoms with van der Waals surface area (Å²) in [6.45, 7) is 11.1. The number of unbranched alkanes of at least 4 members (excludes halogenated alkanes) is 1. The molecule has 4 heterocycles. The minimum absolute atomic E-state index is 0.0727. The molecule has 20 heteroatoms. The molecule has 5 atom stereocenters. The number of rotatable bonds is 22. The van der Waals surface area contributed by atoms with Crippen LogP contribution in [0.25, 0.3) is 10.9 Å². The highest BCUT2D eigenvalue weighted by Gasteiger charge is 2.57. The molecular formula is C74H94N8O10SSi. The molecule has 0 bridgehead atoms. The molecule has 1 aromatic heterocycles. The lowest BCUT2D eigenvalue weighted by Gasteiger charge is -2.45. The summed E-state index contributed by atoms with van der Waals surface area (Å²) in [5.74, 6) is -1.25. The molecule has 94 heavy (non-hydrogen) atoms. The number of fused-ring (bicyclic) bond motifs is 7. The largest absolute Gasteiger partial charge is 0.463 e. The number of anilines is 2. The van der Waals surface area contributed by atoms with Gasteiger partial charge in [-0.15, -0.1) is 0 Å². The number of aromatic amines is 1. The number of carbonyl (C=O) groups excluding carboxylic acids is 7. The Hall–Kier alpha value is -8.20. The third-order valence-electron chi connectivity index (χ3n) is 18.7. The number of hydrogen-bond donors (Lipinski definition) is 5. The van der Waals surface area contributed by atoms with Crippen LogP contribution in [0, 0.1) is 12.8 Å². The van der Waals surface area contributed by atoms with Crippen molar-refractivity contribution in [2.24, 2.45) is 5.92 Å². The van der Waals surface area contributed by atoms with Crippen molar-refractivity contribution < 1.29 is 47.8 Å². The molecule has 3 aliphatic heterocycles. The number of benzene rings is 5. The normalized spacial score (nSPS) is 22.4. The van der Waals surface area contributed by atoms with Crippen LogP contribution in [0.3, 0.4) is 0 Å². The standard InChI is InChI=1S/C74H94N8O10SSi/c1-48-25-27-52(28-26-48)63-46-69(85)91-51(4)19-17-18-49(2)42-50(3)70(86)78-62(72(88)82(9)64(71(87)79-63)43-53-47-77-61-23-14-12-20-56(53)61)24-15-16-35-75-67(83)33-37-90-38-36-76-68(84)34-39-93-40-41-94(10)65-44-54(80(5)6)29-31-59(65)74(58-22-13-11-21-57(58)73(89)92-74)60-32-30-55(81(7)8)45-66(60)94/h11-14,18,20-23,25-32,44-45,47,50-51,62-64,77H,15-17,19,24,33-43,46H2,1-10H3,(H,75,83)(H,76,84)(H,78,86)(H,79,87)/b49-18+/t50-,51-,62-,63+,64+,74?,94?/m0/s1. The molecule has 1 spiro atoms. The average molecular weight is 1320 g/mol. The Kier molecular flexibility index (Phi) is 23.7. The fourth-order valence-corrected chi connectivity index (χ4v) is 19.4. The first-order valence-electron chi connectivity index (χ1n) is 33.1. The molecule has 0 aliphatic carbocycles. The quantitative estimate of drug-likeness (QED) is 0.0186. The Morgan fingerprint density at radius 1 is 0.755 bits per heavy atom. The SMILES string of the molecule is C/C1=C\CC[C@H](C)OC(=O)C[C@H](c2ccc(C)cc2)NC(=O)[C@@H](Cc2c[nH]c3ccccc23)N(C)C(=O)[C@H](CCCCNC(=O)CCOCCNC(=O)CCSCC[Si]2(C)c3cc(N(C)C)ccc3C3(OC(=O)c4ccccc43)c3ccc(N(C)C)cc32)NC(=O)[C@@H](C)C1. The summed E-state index contributed by atoms with van der Waals surface area (Å²) in [7, 11) is 7.24. The van der Waals surface area contributed by atoms with Gasteiger partial charge in [0.1, 0.15) is 20.2 Å². The van der Waals surface area contributed by atoms with E-state index in [2.05, 4.69) is 85.1 Å². The molecule has 9 rings (SSSR count). The molecular weight excluding hydrogens is 1220 g/mol. The maximum atomic E-state index is 14.9. The van der Waals surface area contributed by atoms with Gasteiger partial charge in [-0.1, -0.05) is 103 Å². The average Bonchev–Trinajstić information content (AvgIpc) is 1.26. The highest BCUT2D eigenvalue weighted by molar-refractivity contribution is 7.99. The van der Waals surface area contributed by atoms with Crippen LogP contribution < -0.4 is 41.4 Å². The van der Waals surface area contributed by atoms with Crippen molar-refractivity contribution >= 4 is 94.0 Å². The molecule has 0 fully saturated rings. The summed E-state index contributed by atoms with van der Waals surface area (Å²) < 4.78 is 18.2. The van der Waals surface area contributed by atoms with E-state index in [-0.39, 0.29) is 68.7 Å². The van der Waals surface area contributed by atoms with Crippen molar-refractivity contribution in [3.8, 4) is 0 Å². The van der Waals surface area contributed by atoms with E-state index in [0.29, 0.717) is 68.5 Å². The number of H-pyrrole nitrogens is 1. The van der Waals surface area contributed by atoms with Crippen LogP contribution in [0.4, 0.5) is 11.4 Å². The first-order valence-corrected chi connectivity index (χ1v) is 36.9. The van der Waals surface area contributed by atoms with Crippen LogP contribution in [0.2, 0.25) is 12.6 Å². The molecule has 500 valence electrons. The Morgan fingerprint density at radius 2 is 1.43 bits per heavy atom. The number of likely N-dealkylation sites (N-methyl/N-ethyl adjacent to an activating group) is 1. The second-order valence-corrected chi connectivity index (χ2v) is 31.6. The van der Waals surface area contributed by atoms with Gasteiger partial charge in [-0.25, -0.2) is 4.79 Å². The number of nitrogens with zero attached hydrogens (tertiary/aromatic N) is 3. The number of aryl methyl sites for hydroxylation is 1. The van der Waals surface area contributed by atoms with E-state index < -0.39 is 55.5 Å². The monoisotopic (exact) mass is 1310 g/mol. The summed E-state index contributed by atoms with van der Waals surface area (Å²) >= 11 is 1.76. The third kappa shape index (κ3) is 16.6. The van der Waals surface area contributed by atoms with Gasteiger partial charge in [-0.05, 0) is 129 Å².